The Morgan fingerprint density at radius 1 is 0.923 bits per heavy atom. The van der Waals surface area contributed by atoms with Gasteiger partial charge in [-0.05, 0) is 17.5 Å². The Morgan fingerprint density at radius 2 is 1.64 bits per heavy atom. The molecule has 0 fully saturated rings. The van der Waals surface area contributed by atoms with Crippen molar-refractivity contribution in [2.45, 2.75) is 78.3 Å². The molecule has 0 aliphatic carbocycles. The van der Waals surface area contributed by atoms with Gasteiger partial charge in [-0.25, -0.2) is 4.68 Å². The Balaban J connectivity index is 1.48. The Labute approximate surface area is 243 Å². The van der Waals surface area contributed by atoms with Crippen LogP contribution in [0.25, 0.3) is 22.5 Å². The smallest absolute Gasteiger partial charge is 0.307 e. The molecule has 0 bridgehead atoms. The van der Waals surface area contributed by atoms with E-state index in [-0.39, 0.29) is 46.2 Å². The predicted octanol–water partition coefficient (Wildman–Crippen LogP) is 3.46. The number of fused-ring (bicyclic) bond motifs is 5. The summed E-state index contributed by atoms with van der Waals surface area (Å²) in [5.41, 5.74) is 5.58. The van der Waals surface area contributed by atoms with E-state index < -0.39 is 0 Å². The van der Waals surface area contributed by atoms with Crippen LogP contribution >= 0.6 is 0 Å². The SMILES string of the molecule is C[I-]OCCCCCCCC(=O)CCC(=O)N1Cc2ccccc2-c2nnn(CC(C)C)c2-c2ccccc21. The number of hydrogen-bond donors (Lipinski definition) is 0. The predicted molar refractivity (Wildman–Crippen MR) is 151 cm³/mol. The van der Waals surface area contributed by atoms with E-state index in [1.165, 1.54) is 0 Å². The molecule has 0 N–H and O–H groups in total. The van der Waals surface area contributed by atoms with Crippen LogP contribution in [0.15, 0.2) is 48.5 Å². The van der Waals surface area contributed by atoms with Crippen LogP contribution in [-0.4, -0.2) is 38.2 Å². The maximum atomic E-state index is 13.7. The van der Waals surface area contributed by atoms with Crippen LogP contribution in [0.5, 0.6) is 0 Å². The number of alkyl halides is 1. The molecular weight excluding hydrogens is 603 g/mol. The third-order valence-corrected chi connectivity index (χ3v) is 8.09. The van der Waals surface area contributed by atoms with Crippen LogP contribution in [0.2, 0.25) is 0 Å². The second-order valence-corrected chi connectivity index (χ2v) is 12.0. The van der Waals surface area contributed by atoms with Crippen LogP contribution in [-0.2, 0) is 25.7 Å². The van der Waals surface area contributed by atoms with E-state index in [1.54, 1.807) is 0 Å². The van der Waals surface area contributed by atoms with E-state index in [4.69, 9.17) is 3.07 Å². The molecule has 39 heavy (non-hydrogen) atoms. The molecule has 1 amide bonds. The molecule has 1 aromatic heterocycles. The van der Waals surface area contributed by atoms with Crippen LogP contribution in [0.1, 0.15) is 70.8 Å². The first kappa shape index (κ1) is 29.4. The molecule has 3 aromatic rings. The van der Waals surface area contributed by atoms with Crippen molar-refractivity contribution in [3.05, 3.63) is 54.1 Å². The minimum absolute atomic E-state index is 0.0318. The Bertz CT molecular complexity index is 1260. The number of unbranched alkanes of at least 4 members (excludes halogenated alkanes) is 4. The number of aromatic nitrogens is 3. The number of rotatable bonds is 14. The zero-order chi connectivity index (χ0) is 27.6. The van der Waals surface area contributed by atoms with Crippen molar-refractivity contribution in [2.75, 3.05) is 16.4 Å². The number of amides is 1. The molecule has 210 valence electrons. The Hall–Kier alpha value is -2.59. The van der Waals surface area contributed by atoms with Crippen molar-refractivity contribution in [1.29, 1.82) is 0 Å². The average molecular weight is 644 g/mol. The minimum Gasteiger partial charge on any atom is -0.307 e. The molecule has 1 aliphatic rings. The molecule has 2 heterocycles. The van der Waals surface area contributed by atoms with Crippen molar-refractivity contribution in [3.63, 3.8) is 0 Å². The Morgan fingerprint density at radius 3 is 2.44 bits per heavy atom. The first-order valence-electron chi connectivity index (χ1n) is 14.0. The summed E-state index contributed by atoms with van der Waals surface area (Å²) in [5, 5.41) is 9.12. The summed E-state index contributed by atoms with van der Waals surface area (Å²) < 4.78 is 7.45. The van der Waals surface area contributed by atoms with Crippen molar-refractivity contribution in [2.24, 2.45) is 5.92 Å². The molecule has 4 rings (SSSR count). The maximum absolute atomic E-state index is 13.7. The van der Waals surface area contributed by atoms with Crippen molar-refractivity contribution in [1.82, 2.24) is 15.0 Å². The number of benzene rings is 2. The number of para-hydroxylation sites is 1. The molecule has 8 heteroatoms. The molecule has 0 atom stereocenters. The van der Waals surface area contributed by atoms with E-state index in [1.807, 2.05) is 46.0 Å². The molecule has 0 spiro atoms. The summed E-state index contributed by atoms with van der Waals surface area (Å²) in [4.78, 5) is 30.3. The third-order valence-electron chi connectivity index (χ3n) is 7.03. The summed E-state index contributed by atoms with van der Waals surface area (Å²) in [6, 6.07) is 16.1. The van der Waals surface area contributed by atoms with Gasteiger partial charge in [0.1, 0.15) is 5.69 Å². The fraction of sp³-hybridized carbons (Fsp3) is 0.484. The van der Waals surface area contributed by atoms with Crippen molar-refractivity contribution >= 4 is 17.4 Å². The van der Waals surface area contributed by atoms with Gasteiger partial charge in [-0.3, -0.25) is 4.79 Å². The number of ketones is 1. The van der Waals surface area contributed by atoms with Gasteiger partial charge >= 0.3 is 104 Å². The van der Waals surface area contributed by atoms with Gasteiger partial charge in [0.05, 0.1) is 17.9 Å². The zero-order valence-corrected chi connectivity index (χ0v) is 25.5. The summed E-state index contributed by atoms with van der Waals surface area (Å²) in [6.07, 6.45) is 6.38. The zero-order valence-electron chi connectivity index (χ0n) is 23.4. The fourth-order valence-corrected chi connectivity index (χ4v) is 5.86. The van der Waals surface area contributed by atoms with E-state index in [9.17, 15) is 9.59 Å². The number of carbonyl (C=O) groups is 2. The van der Waals surface area contributed by atoms with Crippen LogP contribution in [0.3, 0.4) is 0 Å². The Kier molecular flexibility index (Phi) is 11.1. The number of Topliss-reactive ketones (excluding diaryl/α,β-unsaturated/α-hetero) is 1. The van der Waals surface area contributed by atoms with E-state index in [0.29, 0.717) is 18.9 Å². The van der Waals surface area contributed by atoms with Gasteiger partial charge in [-0.1, -0.05) is 61.5 Å². The molecule has 7 nitrogen and oxygen atoms in total. The average Bonchev–Trinajstić information content (AvgIpc) is 3.33. The van der Waals surface area contributed by atoms with E-state index in [2.05, 4.69) is 41.2 Å². The van der Waals surface area contributed by atoms with Crippen molar-refractivity contribution in [3.8, 4) is 22.5 Å². The van der Waals surface area contributed by atoms with Crippen LogP contribution in [0.4, 0.5) is 5.69 Å². The fourth-order valence-electron chi connectivity index (χ4n) is 5.10. The number of hydrogen-bond acceptors (Lipinski definition) is 5. The first-order valence-corrected chi connectivity index (χ1v) is 17.1. The van der Waals surface area contributed by atoms with Gasteiger partial charge < -0.3 is 4.90 Å². The second kappa shape index (κ2) is 14.7. The molecule has 1 aliphatic heterocycles. The van der Waals surface area contributed by atoms with Gasteiger partial charge in [-0.2, -0.15) is 0 Å². The first-order chi connectivity index (χ1) is 19.0. The second-order valence-electron chi connectivity index (χ2n) is 10.5. The molecule has 0 saturated carbocycles. The minimum atomic E-state index is -0.0731. The molecular formula is C31H40IN4O3-. The van der Waals surface area contributed by atoms with Gasteiger partial charge in [-0.15, -0.1) is 5.10 Å². The topological polar surface area (TPSA) is 77.3 Å². The summed E-state index contributed by atoms with van der Waals surface area (Å²) in [7, 11) is 0. The van der Waals surface area contributed by atoms with Crippen molar-refractivity contribution < 1.29 is 34.3 Å². The monoisotopic (exact) mass is 643 g/mol. The molecule has 2 aromatic carbocycles. The number of anilines is 1. The van der Waals surface area contributed by atoms with Crippen LogP contribution < -0.4 is 26.5 Å². The van der Waals surface area contributed by atoms with Gasteiger partial charge in [0.2, 0.25) is 0 Å². The van der Waals surface area contributed by atoms with Gasteiger partial charge in [0.25, 0.3) is 0 Å². The van der Waals surface area contributed by atoms with E-state index >= 15 is 0 Å². The summed E-state index contributed by atoms with van der Waals surface area (Å²) in [6.45, 7) is 6.35. The quantitative estimate of drug-likeness (QED) is 0.153. The molecule has 0 radical (unpaired) electrons. The molecule has 0 unspecified atom stereocenters. The van der Waals surface area contributed by atoms with Gasteiger partial charge in [0.15, 0.2) is 0 Å². The number of halogens is 1. The van der Waals surface area contributed by atoms with E-state index in [0.717, 1.165) is 79.0 Å². The third kappa shape index (κ3) is 7.75. The summed E-state index contributed by atoms with van der Waals surface area (Å²) >= 11 is -0.0731. The number of carbonyl (C=O) groups excluding carboxylic acids is 2. The van der Waals surface area contributed by atoms with Gasteiger partial charge in [0, 0.05) is 17.7 Å². The summed E-state index contributed by atoms with van der Waals surface area (Å²) in [5.74, 6) is 0.531. The normalized spacial score (nSPS) is 12.6. The number of nitrogens with zero attached hydrogens (tertiary/aromatic N) is 4. The van der Waals surface area contributed by atoms with Crippen LogP contribution in [0, 0.1) is 5.92 Å². The molecule has 0 saturated heterocycles. The standard InChI is InChI=1S/C31H40IN4O3/c1-23(2)21-36-31-27-16-10-11-17-28(27)35(22-24-13-8-9-15-26(24)30(31)33-34-36)29(38)19-18-25(37)14-7-5-4-6-12-20-39-32-3/h8-11,13,15-17,23H,4-7,12,14,18-22H2,1-3H3/q-1.